The second-order valence-electron chi connectivity index (χ2n) is 6.89. The SMILES string of the molecule is CCNC(=NCC1(CCOCC)CC1)NCCc1ccc(F)cc1C.I. The Labute approximate surface area is 174 Å². The van der Waals surface area contributed by atoms with Gasteiger partial charge in [-0.3, -0.25) is 4.99 Å². The summed E-state index contributed by atoms with van der Waals surface area (Å²) in [6.45, 7) is 10.2. The Bertz CT molecular complexity index is 576. The third kappa shape index (κ3) is 7.78. The Morgan fingerprint density at radius 1 is 1.27 bits per heavy atom. The van der Waals surface area contributed by atoms with Gasteiger partial charge in [-0.1, -0.05) is 6.07 Å². The van der Waals surface area contributed by atoms with Gasteiger partial charge < -0.3 is 15.4 Å². The second-order valence-corrected chi connectivity index (χ2v) is 6.89. The van der Waals surface area contributed by atoms with E-state index in [2.05, 4.69) is 17.6 Å². The van der Waals surface area contributed by atoms with E-state index in [-0.39, 0.29) is 29.8 Å². The Hall–Kier alpha value is -0.890. The van der Waals surface area contributed by atoms with E-state index in [4.69, 9.17) is 9.73 Å². The predicted octanol–water partition coefficient (Wildman–Crippen LogP) is 4.06. The highest BCUT2D eigenvalue weighted by Gasteiger charge is 2.41. The zero-order valence-electron chi connectivity index (χ0n) is 16.2. The Balaban J connectivity index is 0.00000338. The molecule has 1 aliphatic rings. The van der Waals surface area contributed by atoms with Crippen molar-refractivity contribution < 1.29 is 9.13 Å². The average Bonchev–Trinajstić information content (AvgIpc) is 3.35. The maximum atomic E-state index is 13.2. The number of aliphatic imine (C=N–C) groups is 1. The van der Waals surface area contributed by atoms with E-state index in [1.807, 2.05) is 19.9 Å². The number of halogens is 2. The molecule has 1 aromatic carbocycles. The van der Waals surface area contributed by atoms with E-state index in [0.717, 1.165) is 57.2 Å². The first kappa shape index (κ1) is 23.1. The molecule has 0 radical (unpaired) electrons. The lowest BCUT2D eigenvalue weighted by atomic mass is 10.0. The van der Waals surface area contributed by atoms with Crippen LogP contribution in [0.15, 0.2) is 23.2 Å². The van der Waals surface area contributed by atoms with Crippen molar-refractivity contribution >= 4 is 29.9 Å². The van der Waals surface area contributed by atoms with Gasteiger partial charge in [-0.15, -0.1) is 24.0 Å². The Kier molecular flexibility index (Phi) is 10.5. The van der Waals surface area contributed by atoms with Gasteiger partial charge in [-0.05, 0) is 75.1 Å². The molecule has 1 aromatic rings. The fourth-order valence-corrected chi connectivity index (χ4v) is 2.94. The molecule has 26 heavy (non-hydrogen) atoms. The van der Waals surface area contributed by atoms with Crippen molar-refractivity contribution in [3.63, 3.8) is 0 Å². The molecule has 2 rings (SSSR count). The lowest BCUT2D eigenvalue weighted by molar-refractivity contribution is 0.129. The molecule has 1 aliphatic carbocycles. The fraction of sp³-hybridized carbons (Fsp3) is 0.650. The predicted molar refractivity (Wildman–Crippen MR) is 117 cm³/mol. The van der Waals surface area contributed by atoms with Crippen molar-refractivity contribution in [2.75, 3.05) is 32.8 Å². The number of rotatable bonds is 10. The summed E-state index contributed by atoms with van der Waals surface area (Å²) >= 11 is 0. The van der Waals surface area contributed by atoms with Crippen LogP contribution in [0.3, 0.4) is 0 Å². The molecule has 0 amide bonds. The van der Waals surface area contributed by atoms with E-state index in [0.29, 0.717) is 5.41 Å². The molecule has 0 unspecified atom stereocenters. The first-order valence-electron chi connectivity index (χ1n) is 9.43. The van der Waals surface area contributed by atoms with Gasteiger partial charge in [0, 0.05) is 32.8 Å². The van der Waals surface area contributed by atoms with Gasteiger partial charge in [-0.25, -0.2) is 4.39 Å². The summed E-state index contributed by atoms with van der Waals surface area (Å²) in [7, 11) is 0. The monoisotopic (exact) mass is 477 g/mol. The van der Waals surface area contributed by atoms with Gasteiger partial charge in [0.25, 0.3) is 0 Å². The van der Waals surface area contributed by atoms with Crippen molar-refractivity contribution in [2.45, 2.75) is 46.5 Å². The van der Waals surface area contributed by atoms with E-state index in [1.54, 1.807) is 6.07 Å². The van der Waals surface area contributed by atoms with Crippen LogP contribution < -0.4 is 10.6 Å². The maximum absolute atomic E-state index is 13.2. The Morgan fingerprint density at radius 3 is 2.65 bits per heavy atom. The highest BCUT2D eigenvalue weighted by atomic mass is 127. The van der Waals surface area contributed by atoms with E-state index in [9.17, 15) is 4.39 Å². The summed E-state index contributed by atoms with van der Waals surface area (Å²) < 4.78 is 18.7. The lowest BCUT2D eigenvalue weighted by Crippen LogP contribution is -2.38. The van der Waals surface area contributed by atoms with Crippen LogP contribution in [-0.4, -0.2) is 38.8 Å². The van der Waals surface area contributed by atoms with Crippen molar-refractivity contribution in [1.82, 2.24) is 10.6 Å². The molecule has 0 bridgehead atoms. The van der Waals surface area contributed by atoms with Crippen LogP contribution in [0.1, 0.15) is 44.2 Å². The number of aryl methyl sites for hydroxylation is 1. The minimum Gasteiger partial charge on any atom is -0.382 e. The normalized spacial score (nSPS) is 15.3. The topological polar surface area (TPSA) is 45.7 Å². The molecule has 0 atom stereocenters. The molecule has 1 fully saturated rings. The zero-order chi connectivity index (χ0) is 18.1. The third-order valence-corrected chi connectivity index (χ3v) is 4.85. The summed E-state index contributed by atoms with van der Waals surface area (Å²) in [5.41, 5.74) is 2.52. The minimum atomic E-state index is -0.175. The van der Waals surface area contributed by atoms with Gasteiger partial charge in [0.05, 0.1) is 0 Å². The highest BCUT2D eigenvalue weighted by molar-refractivity contribution is 14.0. The van der Waals surface area contributed by atoms with Crippen LogP contribution in [0.5, 0.6) is 0 Å². The average molecular weight is 477 g/mol. The van der Waals surface area contributed by atoms with Crippen LogP contribution in [0.4, 0.5) is 4.39 Å². The molecule has 4 nitrogen and oxygen atoms in total. The van der Waals surface area contributed by atoms with E-state index in [1.165, 1.54) is 24.5 Å². The van der Waals surface area contributed by atoms with Crippen molar-refractivity contribution in [2.24, 2.45) is 10.4 Å². The summed E-state index contributed by atoms with van der Waals surface area (Å²) in [6, 6.07) is 4.98. The van der Waals surface area contributed by atoms with Gasteiger partial charge >= 0.3 is 0 Å². The Morgan fingerprint density at radius 2 is 2.04 bits per heavy atom. The van der Waals surface area contributed by atoms with Crippen LogP contribution in [0.25, 0.3) is 0 Å². The third-order valence-electron chi connectivity index (χ3n) is 4.85. The van der Waals surface area contributed by atoms with Gasteiger partial charge in [0.1, 0.15) is 5.82 Å². The second kappa shape index (κ2) is 11.7. The summed E-state index contributed by atoms with van der Waals surface area (Å²) in [4.78, 5) is 4.77. The summed E-state index contributed by atoms with van der Waals surface area (Å²) in [5.74, 6) is 0.691. The minimum absolute atomic E-state index is 0. The number of benzene rings is 1. The molecule has 6 heteroatoms. The van der Waals surface area contributed by atoms with Gasteiger partial charge in [0.2, 0.25) is 0 Å². The zero-order valence-corrected chi connectivity index (χ0v) is 18.6. The van der Waals surface area contributed by atoms with Crippen LogP contribution in [0.2, 0.25) is 0 Å². The number of guanidine groups is 1. The molecule has 0 spiro atoms. The molecule has 148 valence electrons. The quantitative estimate of drug-likeness (QED) is 0.231. The molecular formula is C20H33FIN3O. The first-order valence-corrected chi connectivity index (χ1v) is 9.43. The summed E-state index contributed by atoms with van der Waals surface area (Å²) in [6.07, 6.45) is 4.44. The van der Waals surface area contributed by atoms with Crippen molar-refractivity contribution in [1.29, 1.82) is 0 Å². The molecule has 0 aliphatic heterocycles. The number of hydrogen-bond donors (Lipinski definition) is 2. The number of nitrogens with zero attached hydrogens (tertiary/aromatic N) is 1. The van der Waals surface area contributed by atoms with Crippen molar-refractivity contribution in [3.8, 4) is 0 Å². The van der Waals surface area contributed by atoms with Crippen LogP contribution >= 0.6 is 24.0 Å². The first-order chi connectivity index (χ1) is 12.1. The summed E-state index contributed by atoms with van der Waals surface area (Å²) in [5, 5.41) is 6.70. The molecule has 1 saturated carbocycles. The van der Waals surface area contributed by atoms with Gasteiger partial charge in [-0.2, -0.15) is 0 Å². The van der Waals surface area contributed by atoms with E-state index >= 15 is 0 Å². The molecule has 2 N–H and O–H groups in total. The van der Waals surface area contributed by atoms with Crippen LogP contribution in [0, 0.1) is 18.2 Å². The number of nitrogens with one attached hydrogen (secondary N) is 2. The number of hydrogen-bond acceptors (Lipinski definition) is 2. The lowest BCUT2D eigenvalue weighted by Gasteiger charge is -2.16. The largest absolute Gasteiger partial charge is 0.382 e. The number of ether oxygens (including phenoxy) is 1. The molecule has 0 aromatic heterocycles. The fourth-order valence-electron chi connectivity index (χ4n) is 2.94. The highest BCUT2D eigenvalue weighted by Crippen LogP contribution is 2.48. The molecular weight excluding hydrogens is 444 g/mol. The molecule has 0 saturated heterocycles. The molecule has 0 heterocycles. The van der Waals surface area contributed by atoms with Crippen LogP contribution in [-0.2, 0) is 11.2 Å². The van der Waals surface area contributed by atoms with Gasteiger partial charge in [0.15, 0.2) is 5.96 Å². The van der Waals surface area contributed by atoms with E-state index < -0.39 is 0 Å². The maximum Gasteiger partial charge on any atom is 0.191 e. The smallest absolute Gasteiger partial charge is 0.191 e. The van der Waals surface area contributed by atoms with Crippen molar-refractivity contribution in [3.05, 3.63) is 35.1 Å². The standard InChI is InChI=1S/C20H32FN3O.HI/c1-4-22-19(24-15-20(9-10-20)11-13-25-5-2)23-12-8-17-6-7-18(21)14-16(17)3;/h6-7,14H,4-5,8-13,15H2,1-3H3,(H2,22,23,24);1H.